The molecule has 0 saturated heterocycles. The first kappa shape index (κ1) is 19.5. The van der Waals surface area contributed by atoms with Gasteiger partial charge in [-0.05, 0) is 68.9 Å². The molecule has 2 aliphatic rings. The van der Waals surface area contributed by atoms with Crippen LogP contribution in [0.2, 0.25) is 0 Å². The van der Waals surface area contributed by atoms with E-state index in [9.17, 15) is 4.79 Å². The number of methoxy groups -OCH3 is 2. The van der Waals surface area contributed by atoms with Crippen LogP contribution in [0.4, 0.5) is 11.4 Å². The SMILES string of the molecule is COc1c(C)c(C)c(OC)c(CN2C(=O)C3CCCC3=Nc3ccccc32)c1C. The van der Waals surface area contributed by atoms with Crippen LogP contribution in [-0.2, 0) is 11.3 Å². The van der Waals surface area contributed by atoms with E-state index in [-0.39, 0.29) is 11.8 Å². The summed E-state index contributed by atoms with van der Waals surface area (Å²) in [6, 6.07) is 7.92. The molecule has 2 aromatic rings. The van der Waals surface area contributed by atoms with Gasteiger partial charge in [-0.3, -0.25) is 9.79 Å². The summed E-state index contributed by atoms with van der Waals surface area (Å²) in [5, 5.41) is 0. The second kappa shape index (κ2) is 7.54. The summed E-state index contributed by atoms with van der Waals surface area (Å²) in [6.45, 7) is 6.55. The molecule has 1 heterocycles. The normalized spacial score (nSPS) is 18.1. The number of ether oxygens (including phenoxy) is 2. The Morgan fingerprint density at radius 1 is 1.03 bits per heavy atom. The Kier molecular flexibility index (Phi) is 5.07. The maximum atomic E-state index is 13.6. The molecule has 0 bridgehead atoms. The Morgan fingerprint density at radius 2 is 1.72 bits per heavy atom. The maximum Gasteiger partial charge on any atom is 0.236 e. The third-order valence-corrected chi connectivity index (χ3v) is 6.36. The smallest absolute Gasteiger partial charge is 0.236 e. The number of fused-ring (bicyclic) bond motifs is 2. The topological polar surface area (TPSA) is 51.1 Å². The Morgan fingerprint density at radius 3 is 2.45 bits per heavy atom. The standard InChI is InChI=1S/C24H28N2O3/c1-14-15(2)23(29-5)18(16(3)22(14)28-4)13-26-21-12-7-6-10-20(21)25-19-11-8-9-17(19)24(26)27/h6-7,10,12,17H,8-9,11,13H2,1-5H3. The van der Waals surface area contributed by atoms with Gasteiger partial charge in [0.05, 0.1) is 38.1 Å². The first-order valence-electron chi connectivity index (χ1n) is 10.2. The zero-order valence-corrected chi connectivity index (χ0v) is 17.8. The second-order valence-electron chi connectivity index (χ2n) is 7.88. The van der Waals surface area contributed by atoms with Crippen LogP contribution in [-0.4, -0.2) is 25.8 Å². The lowest BCUT2D eigenvalue weighted by Crippen LogP contribution is -2.36. The van der Waals surface area contributed by atoms with Gasteiger partial charge in [-0.15, -0.1) is 0 Å². The van der Waals surface area contributed by atoms with Gasteiger partial charge in [-0.2, -0.15) is 0 Å². The molecule has 0 spiro atoms. The van der Waals surface area contributed by atoms with Crippen LogP contribution in [0.5, 0.6) is 11.5 Å². The third kappa shape index (κ3) is 3.09. The van der Waals surface area contributed by atoms with Crippen LogP contribution in [0, 0.1) is 26.7 Å². The lowest BCUT2D eigenvalue weighted by Gasteiger charge is -2.28. The van der Waals surface area contributed by atoms with Gasteiger partial charge in [0.25, 0.3) is 0 Å². The van der Waals surface area contributed by atoms with Crippen molar-refractivity contribution >= 4 is 23.0 Å². The van der Waals surface area contributed by atoms with Gasteiger partial charge in [-0.1, -0.05) is 12.1 Å². The number of hydrogen-bond donors (Lipinski definition) is 0. The summed E-state index contributed by atoms with van der Waals surface area (Å²) in [6.07, 6.45) is 2.79. The van der Waals surface area contributed by atoms with Gasteiger partial charge in [-0.25, -0.2) is 0 Å². The van der Waals surface area contributed by atoms with Gasteiger partial charge < -0.3 is 14.4 Å². The van der Waals surface area contributed by atoms with Gasteiger partial charge >= 0.3 is 0 Å². The molecule has 0 aromatic heterocycles. The summed E-state index contributed by atoms with van der Waals surface area (Å²) >= 11 is 0. The average molecular weight is 392 g/mol. The molecule has 0 N–H and O–H groups in total. The molecule has 4 rings (SSSR count). The Labute approximate surface area is 172 Å². The van der Waals surface area contributed by atoms with Crippen molar-refractivity contribution in [2.75, 3.05) is 19.1 Å². The zero-order chi connectivity index (χ0) is 20.7. The summed E-state index contributed by atoms with van der Waals surface area (Å²) < 4.78 is 11.5. The highest BCUT2D eigenvalue weighted by atomic mass is 16.5. The summed E-state index contributed by atoms with van der Waals surface area (Å²) in [4.78, 5) is 20.3. The number of amides is 1. The van der Waals surface area contributed by atoms with E-state index >= 15 is 0 Å². The molecule has 1 atom stereocenters. The molecule has 0 radical (unpaired) electrons. The zero-order valence-electron chi connectivity index (χ0n) is 17.8. The minimum atomic E-state index is -0.123. The fourth-order valence-electron chi connectivity index (χ4n) is 4.73. The minimum Gasteiger partial charge on any atom is -0.496 e. The van der Waals surface area contributed by atoms with Crippen molar-refractivity contribution in [3.05, 3.63) is 46.5 Å². The molecular weight excluding hydrogens is 364 g/mol. The Hall–Kier alpha value is -2.82. The molecule has 152 valence electrons. The van der Waals surface area contributed by atoms with E-state index in [1.54, 1.807) is 14.2 Å². The molecule has 5 nitrogen and oxygen atoms in total. The number of anilines is 1. The monoisotopic (exact) mass is 392 g/mol. The van der Waals surface area contributed by atoms with Gasteiger partial charge in [0.15, 0.2) is 0 Å². The van der Waals surface area contributed by atoms with Crippen LogP contribution in [0.3, 0.4) is 0 Å². The molecule has 2 aromatic carbocycles. The highest BCUT2D eigenvalue weighted by Crippen LogP contribution is 2.42. The second-order valence-corrected chi connectivity index (χ2v) is 7.88. The predicted molar refractivity (Wildman–Crippen MR) is 116 cm³/mol. The van der Waals surface area contributed by atoms with Crippen molar-refractivity contribution in [3.63, 3.8) is 0 Å². The highest BCUT2D eigenvalue weighted by molar-refractivity contribution is 6.15. The number of aliphatic imine (C=N–C) groups is 1. The van der Waals surface area contributed by atoms with Crippen LogP contribution in [0.15, 0.2) is 29.3 Å². The Bertz CT molecular complexity index is 1010. The van der Waals surface area contributed by atoms with Crippen molar-refractivity contribution in [1.29, 1.82) is 0 Å². The van der Waals surface area contributed by atoms with Crippen molar-refractivity contribution in [2.45, 2.75) is 46.6 Å². The highest BCUT2D eigenvalue weighted by Gasteiger charge is 2.37. The van der Waals surface area contributed by atoms with Gasteiger partial charge in [0.1, 0.15) is 11.5 Å². The first-order chi connectivity index (χ1) is 14.0. The number of hydrogen-bond acceptors (Lipinski definition) is 4. The van der Waals surface area contributed by atoms with Crippen LogP contribution < -0.4 is 14.4 Å². The molecule has 29 heavy (non-hydrogen) atoms. The van der Waals surface area contributed by atoms with E-state index in [4.69, 9.17) is 14.5 Å². The fraction of sp³-hybridized carbons (Fsp3) is 0.417. The third-order valence-electron chi connectivity index (χ3n) is 6.36. The van der Waals surface area contributed by atoms with Crippen molar-refractivity contribution in [3.8, 4) is 11.5 Å². The van der Waals surface area contributed by atoms with Crippen molar-refractivity contribution < 1.29 is 14.3 Å². The molecular formula is C24H28N2O3. The van der Waals surface area contributed by atoms with E-state index < -0.39 is 0 Å². The van der Waals surface area contributed by atoms with E-state index in [0.29, 0.717) is 6.54 Å². The van der Waals surface area contributed by atoms with Crippen LogP contribution in [0.25, 0.3) is 0 Å². The molecule has 1 aliphatic heterocycles. The number of carbonyl (C=O) groups is 1. The van der Waals surface area contributed by atoms with E-state index in [2.05, 4.69) is 0 Å². The molecule has 1 unspecified atom stereocenters. The lowest BCUT2D eigenvalue weighted by molar-refractivity contribution is -0.120. The summed E-state index contributed by atoms with van der Waals surface area (Å²) in [7, 11) is 3.38. The Balaban J connectivity index is 1.86. The van der Waals surface area contributed by atoms with Crippen LogP contribution >= 0.6 is 0 Å². The number of nitrogens with zero attached hydrogens (tertiary/aromatic N) is 2. The minimum absolute atomic E-state index is 0.123. The number of para-hydroxylation sites is 2. The molecule has 5 heteroatoms. The van der Waals surface area contributed by atoms with Gasteiger partial charge in [0, 0.05) is 11.3 Å². The number of benzene rings is 2. The van der Waals surface area contributed by atoms with Crippen LogP contribution in [0.1, 0.15) is 41.5 Å². The molecule has 1 fully saturated rings. The van der Waals surface area contributed by atoms with Crippen molar-refractivity contribution in [2.24, 2.45) is 10.9 Å². The summed E-state index contributed by atoms with van der Waals surface area (Å²) in [5.74, 6) is 1.68. The van der Waals surface area contributed by atoms with E-state index in [0.717, 1.165) is 70.1 Å². The quantitative estimate of drug-likeness (QED) is 0.732. The summed E-state index contributed by atoms with van der Waals surface area (Å²) in [5.41, 5.74) is 6.84. The molecule has 1 saturated carbocycles. The predicted octanol–water partition coefficient (Wildman–Crippen LogP) is 5.05. The largest absolute Gasteiger partial charge is 0.496 e. The molecule has 1 aliphatic carbocycles. The van der Waals surface area contributed by atoms with E-state index in [1.807, 2.05) is 49.9 Å². The first-order valence-corrected chi connectivity index (χ1v) is 10.2. The molecule has 1 amide bonds. The lowest BCUT2D eigenvalue weighted by atomic mass is 9.96. The van der Waals surface area contributed by atoms with Crippen molar-refractivity contribution in [1.82, 2.24) is 0 Å². The average Bonchev–Trinajstić information content (AvgIpc) is 3.14. The van der Waals surface area contributed by atoms with Gasteiger partial charge in [0.2, 0.25) is 5.91 Å². The number of rotatable bonds is 4. The fourth-order valence-corrected chi connectivity index (χ4v) is 4.73. The number of carbonyl (C=O) groups excluding carboxylic acids is 1. The van der Waals surface area contributed by atoms with E-state index in [1.165, 1.54) is 0 Å². The maximum absolute atomic E-state index is 13.6.